The van der Waals surface area contributed by atoms with Crippen LogP contribution in [0.15, 0.2) is 12.2 Å². The van der Waals surface area contributed by atoms with E-state index in [1.54, 1.807) is 0 Å². The van der Waals surface area contributed by atoms with Gasteiger partial charge >= 0.3 is 0 Å². The summed E-state index contributed by atoms with van der Waals surface area (Å²) in [6.45, 7) is 3.04. The number of unbranched alkanes of at least 4 members (excludes halogenated alkanes) is 3. The fourth-order valence-corrected chi connectivity index (χ4v) is 2.14. The Morgan fingerprint density at radius 3 is 2.65 bits per heavy atom. The van der Waals surface area contributed by atoms with Gasteiger partial charge in [-0.2, -0.15) is 0 Å². The Labute approximate surface area is 121 Å². The van der Waals surface area contributed by atoms with Crippen LogP contribution in [0.2, 0.25) is 0 Å². The average Bonchev–Trinajstić information content (AvgIpc) is 2.45. The lowest BCUT2D eigenvalue weighted by Crippen LogP contribution is -2.54. The Bertz CT molecular complexity index is 269. The summed E-state index contributed by atoms with van der Waals surface area (Å²) in [6.07, 6.45) is 6.04. The topological polar surface area (TPSA) is 79.2 Å². The molecule has 4 atom stereocenters. The molecule has 0 radical (unpaired) electrons. The van der Waals surface area contributed by atoms with E-state index >= 15 is 0 Å². The van der Waals surface area contributed by atoms with E-state index in [1.807, 2.05) is 0 Å². The molecule has 5 nitrogen and oxygen atoms in total. The third kappa shape index (κ3) is 6.33. The van der Waals surface area contributed by atoms with Crippen molar-refractivity contribution >= 4 is 0 Å². The number of aliphatic hydroxyl groups excluding tert-OH is 3. The summed E-state index contributed by atoms with van der Waals surface area (Å²) in [6, 6.07) is 0. The van der Waals surface area contributed by atoms with Crippen molar-refractivity contribution in [1.29, 1.82) is 0 Å². The highest BCUT2D eigenvalue weighted by molar-refractivity contribution is 4.86. The van der Waals surface area contributed by atoms with Gasteiger partial charge in [0.1, 0.15) is 24.4 Å². The molecule has 118 valence electrons. The minimum absolute atomic E-state index is 0.0377. The zero-order valence-corrected chi connectivity index (χ0v) is 12.3. The Kier molecular flexibility index (Phi) is 9.05. The largest absolute Gasteiger partial charge is 0.388 e. The van der Waals surface area contributed by atoms with E-state index in [0.717, 1.165) is 32.1 Å². The highest BCUT2D eigenvalue weighted by atomic mass is 16.6. The lowest BCUT2D eigenvalue weighted by Gasteiger charge is -2.35. The summed E-state index contributed by atoms with van der Waals surface area (Å²) in [4.78, 5) is 0. The van der Waals surface area contributed by atoms with Crippen LogP contribution >= 0.6 is 0 Å². The quantitative estimate of drug-likeness (QED) is 0.436. The minimum atomic E-state index is -1.15. The molecule has 0 saturated carbocycles. The van der Waals surface area contributed by atoms with Crippen LogP contribution < -0.4 is 0 Å². The molecule has 0 spiro atoms. The Balaban J connectivity index is 2.00. The van der Waals surface area contributed by atoms with Gasteiger partial charge in [-0.3, -0.25) is 0 Å². The molecule has 20 heavy (non-hydrogen) atoms. The normalized spacial score (nSPS) is 31.0. The van der Waals surface area contributed by atoms with Gasteiger partial charge in [-0.15, -0.1) is 0 Å². The van der Waals surface area contributed by atoms with Crippen LogP contribution in [-0.2, 0) is 9.47 Å². The second-order valence-electron chi connectivity index (χ2n) is 5.22. The van der Waals surface area contributed by atoms with Gasteiger partial charge in [0.2, 0.25) is 0 Å². The monoisotopic (exact) mass is 288 g/mol. The molecule has 1 aliphatic rings. The highest BCUT2D eigenvalue weighted by Gasteiger charge is 2.37. The Morgan fingerprint density at radius 2 is 1.90 bits per heavy atom. The predicted molar refractivity (Wildman–Crippen MR) is 76.5 cm³/mol. The van der Waals surface area contributed by atoms with Crippen molar-refractivity contribution in [3.05, 3.63) is 12.2 Å². The number of rotatable bonds is 9. The number of hydrogen-bond acceptors (Lipinski definition) is 5. The first-order valence-electron chi connectivity index (χ1n) is 7.55. The van der Waals surface area contributed by atoms with Gasteiger partial charge in [0, 0.05) is 6.61 Å². The fraction of sp³-hybridized carbons (Fsp3) is 0.867. The summed E-state index contributed by atoms with van der Waals surface area (Å²) >= 11 is 0. The molecule has 5 heteroatoms. The van der Waals surface area contributed by atoms with Crippen LogP contribution in [0.1, 0.15) is 39.0 Å². The molecule has 0 bridgehead atoms. The molecule has 0 aromatic rings. The summed E-state index contributed by atoms with van der Waals surface area (Å²) in [5.74, 6) is 0. The molecular formula is C15H28O5. The minimum Gasteiger partial charge on any atom is -0.388 e. The van der Waals surface area contributed by atoms with Crippen molar-refractivity contribution in [2.75, 3.05) is 19.8 Å². The molecule has 0 aromatic carbocycles. The average molecular weight is 288 g/mol. The van der Waals surface area contributed by atoms with Gasteiger partial charge < -0.3 is 24.8 Å². The van der Waals surface area contributed by atoms with Crippen molar-refractivity contribution in [2.24, 2.45) is 0 Å². The van der Waals surface area contributed by atoms with Crippen LogP contribution in [0.4, 0.5) is 0 Å². The zero-order chi connectivity index (χ0) is 14.8. The lowest BCUT2D eigenvalue weighted by atomic mass is 10.0. The van der Waals surface area contributed by atoms with E-state index in [9.17, 15) is 15.3 Å². The van der Waals surface area contributed by atoms with Crippen molar-refractivity contribution in [1.82, 2.24) is 0 Å². The smallest absolute Gasteiger partial charge is 0.111 e. The maximum atomic E-state index is 9.71. The summed E-state index contributed by atoms with van der Waals surface area (Å²) in [5, 5.41) is 28.5. The highest BCUT2D eigenvalue weighted by Crippen LogP contribution is 2.16. The van der Waals surface area contributed by atoms with E-state index < -0.39 is 24.4 Å². The first-order valence-corrected chi connectivity index (χ1v) is 7.55. The second kappa shape index (κ2) is 10.3. The van der Waals surface area contributed by atoms with Crippen LogP contribution in [0, 0.1) is 0 Å². The van der Waals surface area contributed by atoms with Gasteiger partial charge in [-0.05, 0) is 25.7 Å². The number of ether oxygens (including phenoxy) is 2. The molecule has 3 N–H and O–H groups in total. The van der Waals surface area contributed by atoms with E-state index in [4.69, 9.17) is 9.47 Å². The molecule has 1 saturated heterocycles. The maximum absolute atomic E-state index is 9.71. The van der Waals surface area contributed by atoms with Crippen LogP contribution in [0.5, 0.6) is 0 Å². The Morgan fingerprint density at radius 1 is 1.10 bits per heavy atom. The second-order valence-corrected chi connectivity index (χ2v) is 5.22. The first kappa shape index (κ1) is 17.6. The molecular weight excluding hydrogens is 260 g/mol. The standard InChI is InChI=1S/C15H28O5/c1-2-3-4-5-6-7-8-9-19-11-13-15(18)14(17)12(16)10-20-13/h3-4,12-18H,2,5-11H2,1H3/b4-3+/t12-,13+,14+,15+/m0/s1. The zero-order valence-electron chi connectivity index (χ0n) is 12.3. The molecule has 1 rings (SSSR count). The van der Waals surface area contributed by atoms with Crippen molar-refractivity contribution in [2.45, 2.75) is 63.4 Å². The van der Waals surface area contributed by atoms with Crippen molar-refractivity contribution < 1.29 is 24.8 Å². The maximum Gasteiger partial charge on any atom is 0.111 e. The molecule has 1 heterocycles. The van der Waals surface area contributed by atoms with Crippen LogP contribution in [-0.4, -0.2) is 59.6 Å². The van der Waals surface area contributed by atoms with Gasteiger partial charge in [0.05, 0.1) is 13.2 Å². The van der Waals surface area contributed by atoms with Gasteiger partial charge in [-0.1, -0.05) is 25.5 Å². The molecule has 0 aliphatic carbocycles. The van der Waals surface area contributed by atoms with E-state index in [-0.39, 0.29) is 13.2 Å². The fourth-order valence-electron chi connectivity index (χ4n) is 2.14. The molecule has 0 unspecified atom stereocenters. The predicted octanol–water partition coefficient (Wildman–Crippen LogP) is 1.01. The number of hydrogen-bond donors (Lipinski definition) is 3. The van der Waals surface area contributed by atoms with Crippen molar-refractivity contribution in [3.8, 4) is 0 Å². The van der Waals surface area contributed by atoms with Crippen LogP contribution in [0.25, 0.3) is 0 Å². The lowest BCUT2D eigenvalue weighted by molar-refractivity contribution is -0.199. The summed E-state index contributed by atoms with van der Waals surface area (Å²) in [7, 11) is 0. The molecule has 1 aliphatic heterocycles. The molecule has 0 amide bonds. The SMILES string of the molecule is CC/C=C/CCCCCOC[C@H]1OC[C@H](O)[C@@H](O)[C@@H]1O. The molecule has 1 fully saturated rings. The van der Waals surface area contributed by atoms with Crippen LogP contribution in [0.3, 0.4) is 0 Å². The summed E-state index contributed by atoms with van der Waals surface area (Å²) < 4.78 is 10.7. The number of aliphatic hydroxyl groups is 3. The third-order valence-electron chi connectivity index (χ3n) is 3.45. The summed E-state index contributed by atoms with van der Waals surface area (Å²) in [5.41, 5.74) is 0. The van der Waals surface area contributed by atoms with Gasteiger partial charge in [0.25, 0.3) is 0 Å². The Hall–Kier alpha value is -0.460. The van der Waals surface area contributed by atoms with E-state index in [0.29, 0.717) is 6.61 Å². The van der Waals surface area contributed by atoms with Crippen molar-refractivity contribution in [3.63, 3.8) is 0 Å². The van der Waals surface area contributed by atoms with E-state index in [1.165, 1.54) is 0 Å². The number of allylic oxidation sites excluding steroid dienone is 2. The first-order chi connectivity index (χ1) is 9.66. The third-order valence-corrected chi connectivity index (χ3v) is 3.45. The van der Waals surface area contributed by atoms with E-state index in [2.05, 4.69) is 19.1 Å². The van der Waals surface area contributed by atoms with Gasteiger partial charge in [-0.25, -0.2) is 0 Å². The molecule has 0 aromatic heterocycles. The van der Waals surface area contributed by atoms with Gasteiger partial charge in [0.15, 0.2) is 0 Å².